The van der Waals surface area contributed by atoms with Gasteiger partial charge < -0.3 is 14.2 Å². The second-order valence-corrected chi connectivity index (χ2v) is 19.9. The Morgan fingerprint density at radius 1 is 0.309 bits per heavy atom. The number of unbranched alkanes of at least 4 members (excludes halogenated alkanes) is 35. The van der Waals surface area contributed by atoms with Crippen molar-refractivity contribution in [3.63, 3.8) is 0 Å². The molecule has 0 amide bonds. The molecule has 0 aromatic carbocycles. The molecule has 0 aliphatic heterocycles. The van der Waals surface area contributed by atoms with Crippen LogP contribution in [0.3, 0.4) is 0 Å². The topological polar surface area (TPSA) is 78.9 Å². The highest BCUT2D eigenvalue weighted by Crippen LogP contribution is 2.17. The summed E-state index contributed by atoms with van der Waals surface area (Å²) in [4.78, 5) is 38.1. The van der Waals surface area contributed by atoms with Crippen molar-refractivity contribution in [1.82, 2.24) is 0 Å². The molecule has 0 radical (unpaired) electrons. The Bertz CT molecular complexity index is 1190. The summed E-state index contributed by atoms with van der Waals surface area (Å²) in [6, 6.07) is 0. The summed E-state index contributed by atoms with van der Waals surface area (Å²) >= 11 is 0. The van der Waals surface area contributed by atoms with Gasteiger partial charge in [0.25, 0.3) is 0 Å². The van der Waals surface area contributed by atoms with Crippen LogP contribution in [-0.4, -0.2) is 37.2 Å². The van der Waals surface area contributed by atoms with E-state index in [4.69, 9.17) is 14.2 Å². The van der Waals surface area contributed by atoms with Crippen molar-refractivity contribution < 1.29 is 28.6 Å². The lowest BCUT2D eigenvalue weighted by Gasteiger charge is -2.18. The monoisotopic (exact) mass is 953 g/mol. The fraction of sp³-hybridized carbons (Fsp3) is 0.823. The molecule has 1 atom stereocenters. The summed E-state index contributed by atoms with van der Waals surface area (Å²) in [6.45, 7) is 6.53. The molecule has 0 fully saturated rings. The second-order valence-electron chi connectivity index (χ2n) is 19.9. The van der Waals surface area contributed by atoms with Crippen LogP contribution < -0.4 is 0 Å². The third kappa shape index (κ3) is 54.3. The molecule has 0 saturated heterocycles. The van der Waals surface area contributed by atoms with Crippen molar-refractivity contribution in [2.75, 3.05) is 13.2 Å². The SMILES string of the molecule is CC/C=C\C/C=C\C/C=C\C/C=C\CCCCC(=O)OC(COC(=O)CCCCCCCCCCCCCCC)COC(=O)CCCCCCCCCCCCCCCCCCCCCCCC. The number of hydrogen-bond acceptors (Lipinski definition) is 6. The standard InChI is InChI=1S/C62H112O6/c1-4-7-10-13-16-19-22-25-27-28-29-30-31-32-33-35-37-40-43-46-49-52-55-61(64)67-58-59(57-66-60(63)54-51-48-45-42-39-36-24-21-18-15-12-9-6-3)68-62(65)56-53-50-47-44-41-38-34-26-23-20-17-14-11-8-5-2/h8,11,17,20,26,34,41,44,59H,4-7,9-10,12-16,18-19,21-25,27-33,35-40,42-43,45-58H2,1-3H3/b11-8-,20-17-,34-26-,44-41-. The fourth-order valence-electron chi connectivity index (χ4n) is 8.67. The summed E-state index contributed by atoms with van der Waals surface area (Å²) in [5, 5.41) is 0. The van der Waals surface area contributed by atoms with Gasteiger partial charge in [0, 0.05) is 19.3 Å². The van der Waals surface area contributed by atoms with E-state index in [2.05, 4.69) is 69.4 Å². The number of hydrogen-bond donors (Lipinski definition) is 0. The molecule has 68 heavy (non-hydrogen) atoms. The molecule has 0 aromatic rings. The first-order valence-corrected chi connectivity index (χ1v) is 29.6. The average Bonchev–Trinajstić information content (AvgIpc) is 3.34. The Kier molecular flexibility index (Phi) is 54.8. The van der Waals surface area contributed by atoms with Crippen LogP contribution >= 0.6 is 0 Å². The van der Waals surface area contributed by atoms with E-state index in [-0.39, 0.29) is 37.5 Å². The van der Waals surface area contributed by atoms with Gasteiger partial charge in [0.2, 0.25) is 0 Å². The molecular weight excluding hydrogens is 841 g/mol. The first-order valence-electron chi connectivity index (χ1n) is 29.6. The lowest BCUT2D eigenvalue weighted by Crippen LogP contribution is -2.30. The van der Waals surface area contributed by atoms with Crippen LogP contribution in [0.15, 0.2) is 48.6 Å². The van der Waals surface area contributed by atoms with E-state index in [1.807, 2.05) is 0 Å². The highest BCUT2D eigenvalue weighted by molar-refractivity contribution is 5.71. The predicted octanol–water partition coefficient (Wildman–Crippen LogP) is 19.8. The molecule has 0 aromatic heterocycles. The minimum atomic E-state index is -0.791. The summed E-state index contributed by atoms with van der Waals surface area (Å²) in [5.41, 5.74) is 0. The molecule has 396 valence electrons. The second kappa shape index (κ2) is 57.0. The van der Waals surface area contributed by atoms with E-state index in [9.17, 15) is 14.4 Å². The fourth-order valence-corrected chi connectivity index (χ4v) is 8.67. The van der Waals surface area contributed by atoms with Crippen LogP contribution in [0, 0.1) is 0 Å². The van der Waals surface area contributed by atoms with E-state index < -0.39 is 6.10 Å². The molecule has 0 aliphatic rings. The minimum absolute atomic E-state index is 0.0855. The van der Waals surface area contributed by atoms with E-state index >= 15 is 0 Å². The number of ether oxygens (including phenoxy) is 3. The highest BCUT2D eigenvalue weighted by atomic mass is 16.6. The van der Waals surface area contributed by atoms with Gasteiger partial charge in [0.15, 0.2) is 6.10 Å². The Hall–Kier alpha value is -2.63. The molecular formula is C62H112O6. The van der Waals surface area contributed by atoms with Crippen LogP contribution in [0.1, 0.15) is 310 Å². The molecule has 0 bridgehead atoms. The Morgan fingerprint density at radius 2 is 0.574 bits per heavy atom. The van der Waals surface area contributed by atoms with Crippen molar-refractivity contribution in [3.8, 4) is 0 Å². The van der Waals surface area contributed by atoms with Gasteiger partial charge in [-0.15, -0.1) is 0 Å². The maximum atomic E-state index is 12.8. The third-order valence-corrected chi connectivity index (χ3v) is 13.1. The Labute approximate surface area is 422 Å². The van der Waals surface area contributed by atoms with Gasteiger partial charge in [-0.1, -0.05) is 281 Å². The van der Waals surface area contributed by atoms with Crippen molar-refractivity contribution >= 4 is 17.9 Å². The van der Waals surface area contributed by atoms with Crippen LogP contribution in [-0.2, 0) is 28.6 Å². The number of esters is 3. The van der Waals surface area contributed by atoms with E-state index in [1.54, 1.807) is 0 Å². The molecule has 0 spiro atoms. The zero-order valence-electron chi connectivity index (χ0n) is 45.4. The molecule has 6 heteroatoms. The number of allylic oxidation sites excluding steroid dienone is 8. The third-order valence-electron chi connectivity index (χ3n) is 13.1. The smallest absolute Gasteiger partial charge is 0.306 e. The van der Waals surface area contributed by atoms with Crippen LogP contribution in [0.5, 0.6) is 0 Å². The molecule has 0 aliphatic carbocycles. The average molecular weight is 954 g/mol. The lowest BCUT2D eigenvalue weighted by molar-refractivity contribution is -0.167. The van der Waals surface area contributed by atoms with Crippen LogP contribution in [0.25, 0.3) is 0 Å². The maximum Gasteiger partial charge on any atom is 0.306 e. The normalized spacial score (nSPS) is 12.3. The summed E-state index contributed by atoms with van der Waals surface area (Å²) in [7, 11) is 0. The zero-order chi connectivity index (χ0) is 49.3. The Balaban J connectivity index is 4.31. The zero-order valence-corrected chi connectivity index (χ0v) is 45.4. The summed E-state index contributed by atoms with van der Waals surface area (Å²) in [5.74, 6) is -0.910. The quantitative estimate of drug-likeness (QED) is 0.0262. The van der Waals surface area contributed by atoms with Gasteiger partial charge in [-0.05, 0) is 57.8 Å². The molecule has 0 N–H and O–H groups in total. The molecule has 0 saturated carbocycles. The molecule has 1 unspecified atom stereocenters. The number of carbonyl (C=O) groups is 3. The van der Waals surface area contributed by atoms with Gasteiger partial charge in [0.1, 0.15) is 13.2 Å². The molecule has 0 rings (SSSR count). The molecule has 0 heterocycles. The van der Waals surface area contributed by atoms with Gasteiger partial charge in [-0.25, -0.2) is 0 Å². The van der Waals surface area contributed by atoms with Crippen LogP contribution in [0.2, 0.25) is 0 Å². The first kappa shape index (κ1) is 65.4. The van der Waals surface area contributed by atoms with E-state index in [0.717, 1.165) is 77.0 Å². The lowest BCUT2D eigenvalue weighted by atomic mass is 10.0. The minimum Gasteiger partial charge on any atom is -0.462 e. The van der Waals surface area contributed by atoms with E-state index in [0.29, 0.717) is 19.3 Å². The summed E-state index contributed by atoms with van der Waals surface area (Å²) < 4.78 is 16.8. The van der Waals surface area contributed by atoms with Crippen molar-refractivity contribution in [2.24, 2.45) is 0 Å². The molecule has 6 nitrogen and oxygen atoms in total. The van der Waals surface area contributed by atoms with Gasteiger partial charge >= 0.3 is 17.9 Å². The predicted molar refractivity (Wildman–Crippen MR) is 293 cm³/mol. The first-order chi connectivity index (χ1) is 33.5. The van der Waals surface area contributed by atoms with Gasteiger partial charge in [-0.2, -0.15) is 0 Å². The Morgan fingerprint density at radius 3 is 0.897 bits per heavy atom. The van der Waals surface area contributed by atoms with E-state index in [1.165, 1.54) is 186 Å². The van der Waals surface area contributed by atoms with Crippen molar-refractivity contribution in [1.29, 1.82) is 0 Å². The van der Waals surface area contributed by atoms with Crippen molar-refractivity contribution in [3.05, 3.63) is 48.6 Å². The van der Waals surface area contributed by atoms with Crippen molar-refractivity contribution in [2.45, 2.75) is 316 Å². The van der Waals surface area contributed by atoms with Gasteiger partial charge in [-0.3, -0.25) is 14.4 Å². The summed E-state index contributed by atoms with van der Waals surface area (Å²) in [6.07, 6.45) is 69.7. The van der Waals surface area contributed by atoms with Gasteiger partial charge in [0.05, 0.1) is 0 Å². The highest BCUT2D eigenvalue weighted by Gasteiger charge is 2.19. The number of rotatable bonds is 54. The largest absolute Gasteiger partial charge is 0.462 e. The van der Waals surface area contributed by atoms with Crippen LogP contribution in [0.4, 0.5) is 0 Å². The number of carbonyl (C=O) groups excluding carboxylic acids is 3. The maximum absolute atomic E-state index is 12.8.